The van der Waals surface area contributed by atoms with Gasteiger partial charge in [0, 0.05) is 0 Å². The van der Waals surface area contributed by atoms with Gasteiger partial charge in [-0.15, -0.1) is 13.2 Å². The second-order valence-electron chi connectivity index (χ2n) is 5.63. The minimum atomic E-state index is -4.86. The van der Waals surface area contributed by atoms with E-state index in [1.54, 1.807) is 19.1 Å². The van der Waals surface area contributed by atoms with E-state index < -0.39 is 18.0 Å². The Labute approximate surface area is 153 Å². The second kappa shape index (κ2) is 7.57. The third-order valence-corrected chi connectivity index (χ3v) is 3.75. The fourth-order valence-electron chi connectivity index (χ4n) is 2.65. The van der Waals surface area contributed by atoms with Gasteiger partial charge in [-0.2, -0.15) is 0 Å². The van der Waals surface area contributed by atoms with Gasteiger partial charge in [0.15, 0.2) is 5.75 Å². The van der Waals surface area contributed by atoms with E-state index in [-0.39, 0.29) is 11.3 Å². The molecule has 0 spiro atoms. The molecule has 0 aliphatic heterocycles. The second-order valence-corrected chi connectivity index (χ2v) is 5.63. The van der Waals surface area contributed by atoms with E-state index in [0.717, 1.165) is 16.8 Å². The average Bonchev–Trinajstić information content (AvgIpc) is 2.62. The lowest BCUT2D eigenvalue weighted by atomic mass is 10.1. The van der Waals surface area contributed by atoms with E-state index in [4.69, 9.17) is 4.74 Å². The van der Waals surface area contributed by atoms with Gasteiger partial charge in [0.1, 0.15) is 5.75 Å². The number of ether oxygens (including phenoxy) is 2. The molecule has 0 saturated heterocycles. The Morgan fingerprint density at radius 3 is 2.26 bits per heavy atom. The number of para-hydroxylation sites is 2. The van der Waals surface area contributed by atoms with Gasteiger partial charge in [-0.25, -0.2) is 0 Å². The van der Waals surface area contributed by atoms with Crippen LogP contribution in [0.4, 0.5) is 18.9 Å². The molecule has 0 radical (unpaired) electrons. The third-order valence-electron chi connectivity index (χ3n) is 3.75. The number of carbonyl (C=O) groups excluding carboxylic acids is 1. The zero-order valence-electron chi connectivity index (χ0n) is 14.3. The fourth-order valence-corrected chi connectivity index (χ4v) is 2.65. The van der Waals surface area contributed by atoms with Gasteiger partial charge in [-0.1, -0.05) is 36.4 Å². The zero-order chi connectivity index (χ0) is 19.4. The number of halogens is 3. The molecule has 3 aromatic rings. The SMILES string of the molecule is CCOc1cc2ccccc2cc1C(=O)Nc1ccccc1OC(F)(F)F. The molecule has 0 aliphatic rings. The largest absolute Gasteiger partial charge is 0.573 e. The number of carbonyl (C=O) groups is 1. The van der Waals surface area contributed by atoms with Crippen LogP contribution in [0.2, 0.25) is 0 Å². The molecule has 0 fully saturated rings. The van der Waals surface area contributed by atoms with Crippen LogP contribution < -0.4 is 14.8 Å². The van der Waals surface area contributed by atoms with Crippen molar-refractivity contribution >= 4 is 22.4 Å². The minimum absolute atomic E-state index is 0.0876. The summed E-state index contributed by atoms with van der Waals surface area (Å²) in [6.07, 6.45) is -4.86. The first kappa shape index (κ1) is 18.6. The predicted octanol–water partition coefficient (Wildman–Crippen LogP) is 5.39. The van der Waals surface area contributed by atoms with E-state index in [1.807, 2.05) is 24.3 Å². The van der Waals surface area contributed by atoms with Crippen molar-refractivity contribution in [1.82, 2.24) is 0 Å². The number of rotatable bonds is 5. The molecule has 7 heteroatoms. The standard InChI is InChI=1S/C20H16F3NO3/c1-2-26-18-12-14-8-4-3-7-13(14)11-15(18)19(25)24-16-9-5-6-10-17(16)27-20(21,22)23/h3-12H,2H2,1H3,(H,24,25). The van der Waals surface area contributed by atoms with Crippen LogP contribution >= 0.6 is 0 Å². The number of benzene rings is 3. The minimum Gasteiger partial charge on any atom is -0.493 e. The van der Waals surface area contributed by atoms with Crippen molar-refractivity contribution < 1.29 is 27.4 Å². The van der Waals surface area contributed by atoms with Gasteiger partial charge in [0.05, 0.1) is 17.9 Å². The molecule has 4 nitrogen and oxygen atoms in total. The molecular formula is C20H16F3NO3. The predicted molar refractivity (Wildman–Crippen MR) is 96.2 cm³/mol. The number of nitrogens with one attached hydrogen (secondary N) is 1. The summed E-state index contributed by atoms with van der Waals surface area (Å²) in [5, 5.41) is 4.17. The molecule has 0 aromatic heterocycles. The smallest absolute Gasteiger partial charge is 0.493 e. The molecule has 0 saturated carbocycles. The van der Waals surface area contributed by atoms with Crippen LogP contribution in [0.15, 0.2) is 60.7 Å². The van der Waals surface area contributed by atoms with Crippen molar-refractivity contribution in [3.63, 3.8) is 0 Å². The van der Waals surface area contributed by atoms with Crippen LogP contribution in [-0.4, -0.2) is 18.9 Å². The summed E-state index contributed by atoms with van der Waals surface area (Å²) < 4.78 is 47.2. The number of fused-ring (bicyclic) bond motifs is 1. The monoisotopic (exact) mass is 375 g/mol. The quantitative estimate of drug-likeness (QED) is 0.650. The van der Waals surface area contributed by atoms with Crippen LogP contribution in [0.25, 0.3) is 10.8 Å². The Bertz CT molecular complexity index is 970. The molecule has 3 rings (SSSR count). The van der Waals surface area contributed by atoms with Crippen molar-refractivity contribution in [2.45, 2.75) is 13.3 Å². The van der Waals surface area contributed by atoms with Crippen LogP contribution in [0.1, 0.15) is 17.3 Å². The van der Waals surface area contributed by atoms with Crippen molar-refractivity contribution in [3.05, 3.63) is 66.2 Å². The van der Waals surface area contributed by atoms with Crippen LogP contribution in [-0.2, 0) is 0 Å². The first-order chi connectivity index (χ1) is 12.9. The topological polar surface area (TPSA) is 47.6 Å². The first-order valence-corrected chi connectivity index (χ1v) is 8.19. The summed E-state index contributed by atoms with van der Waals surface area (Å²) >= 11 is 0. The molecule has 0 atom stereocenters. The van der Waals surface area contributed by atoms with Crippen molar-refractivity contribution in [1.29, 1.82) is 0 Å². The first-order valence-electron chi connectivity index (χ1n) is 8.19. The molecule has 140 valence electrons. The molecule has 27 heavy (non-hydrogen) atoms. The van der Waals surface area contributed by atoms with Gasteiger partial charge in [0.25, 0.3) is 5.91 Å². The Kier molecular flexibility index (Phi) is 5.21. The summed E-state index contributed by atoms with van der Waals surface area (Å²) in [6.45, 7) is 2.12. The van der Waals surface area contributed by atoms with E-state index in [0.29, 0.717) is 12.4 Å². The van der Waals surface area contributed by atoms with Gasteiger partial charge < -0.3 is 14.8 Å². The number of anilines is 1. The maximum atomic E-state index is 12.7. The van der Waals surface area contributed by atoms with E-state index in [1.165, 1.54) is 18.2 Å². The fraction of sp³-hybridized carbons (Fsp3) is 0.150. The van der Waals surface area contributed by atoms with Crippen molar-refractivity contribution in [3.8, 4) is 11.5 Å². The normalized spacial score (nSPS) is 11.3. The lowest BCUT2D eigenvalue weighted by Crippen LogP contribution is -2.20. The average molecular weight is 375 g/mol. The molecule has 1 N–H and O–H groups in total. The molecule has 1 amide bonds. The summed E-state index contributed by atoms with van der Waals surface area (Å²) in [5.74, 6) is -0.734. The molecular weight excluding hydrogens is 359 g/mol. The lowest BCUT2D eigenvalue weighted by molar-refractivity contribution is -0.274. The van der Waals surface area contributed by atoms with Crippen LogP contribution in [0.3, 0.4) is 0 Å². The maximum Gasteiger partial charge on any atom is 0.573 e. The molecule has 0 unspecified atom stereocenters. The van der Waals surface area contributed by atoms with Gasteiger partial charge >= 0.3 is 6.36 Å². The van der Waals surface area contributed by atoms with Crippen molar-refractivity contribution in [2.75, 3.05) is 11.9 Å². The molecule has 3 aromatic carbocycles. The Hall–Kier alpha value is -3.22. The number of amides is 1. The summed E-state index contributed by atoms with van der Waals surface area (Å²) in [7, 11) is 0. The van der Waals surface area contributed by atoms with Gasteiger partial charge in [0.2, 0.25) is 0 Å². The number of hydrogen-bond acceptors (Lipinski definition) is 3. The number of hydrogen-bond donors (Lipinski definition) is 1. The Morgan fingerprint density at radius 1 is 0.963 bits per heavy atom. The van der Waals surface area contributed by atoms with Crippen molar-refractivity contribution in [2.24, 2.45) is 0 Å². The third kappa shape index (κ3) is 4.49. The van der Waals surface area contributed by atoms with Gasteiger partial charge in [-0.3, -0.25) is 4.79 Å². The van der Waals surface area contributed by atoms with E-state index >= 15 is 0 Å². The van der Waals surface area contributed by atoms with Crippen LogP contribution in [0.5, 0.6) is 11.5 Å². The van der Waals surface area contributed by atoms with Crippen LogP contribution in [0, 0.1) is 0 Å². The highest BCUT2D eigenvalue weighted by Gasteiger charge is 2.32. The van der Waals surface area contributed by atoms with E-state index in [9.17, 15) is 18.0 Å². The highest BCUT2D eigenvalue weighted by atomic mass is 19.4. The highest BCUT2D eigenvalue weighted by Crippen LogP contribution is 2.32. The summed E-state index contributed by atoms with van der Waals surface area (Å²) in [5.41, 5.74) is 0.132. The number of alkyl halides is 3. The van der Waals surface area contributed by atoms with Gasteiger partial charge in [-0.05, 0) is 42.0 Å². The Morgan fingerprint density at radius 2 is 1.59 bits per heavy atom. The highest BCUT2D eigenvalue weighted by molar-refractivity contribution is 6.09. The summed E-state index contributed by atoms with van der Waals surface area (Å²) in [6, 6.07) is 16.1. The van der Waals surface area contributed by atoms with E-state index in [2.05, 4.69) is 10.1 Å². The zero-order valence-corrected chi connectivity index (χ0v) is 14.3. The molecule has 0 bridgehead atoms. The summed E-state index contributed by atoms with van der Waals surface area (Å²) in [4.78, 5) is 12.7. The maximum absolute atomic E-state index is 12.7. The Balaban J connectivity index is 1.96. The lowest BCUT2D eigenvalue weighted by Gasteiger charge is -2.15. The molecule has 0 heterocycles. The molecule has 0 aliphatic carbocycles.